The molecule has 3 aromatic rings. The third-order valence-corrected chi connectivity index (χ3v) is 12.4. The fourth-order valence-electron chi connectivity index (χ4n) is 8.63. The first-order valence-corrected chi connectivity index (χ1v) is 20.1. The van der Waals surface area contributed by atoms with E-state index in [1.807, 2.05) is 19.1 Å². The van der Waals surface area contributed by atoms with Gasteiger partial charge in [0, 0.05) is 56.3 Å². The minimum absolute atomic E-state index is 0.0371. The Balaban J connectivity index is 0.811. The number of anilines is 4. The van der Waals surface area contributed by atoms with Crippen LogP contribution in [-0.2, 0) is 14.4 Å². The largest absolute Gasteiger partial charge is 0.371 e. The maximum Gasteiger partial charge on any atom is 0.271 e. The van der Waals surface area contributed by atoms with E-state index >= 15 is 0 Å². The molecule has 2 unspecified atom stereocenters. The summed E-state index contributed by atoms with van der Waals surface area (Å²) in [6.07, 6.45) is 6.96. The monoisotopic (exact) mass is 783 g/mol. The van der Waals surface area contributed by atoms with Gasteiger partial charge < -0.3 is 31.1 Å². The van der Waals surface area contributed by atoms with E-state index in [0.717, 1.165) is 92.5 Å². The van der Waals surface area contributed by atoms with Crippen LogP contribution in [0, 0.1) is 12.8 Å². The highest BCUT2D eigenvalue weighted by atomic mass is 32.1. The molecule has 8 rings (SSSR count). The summed E-state index contributed by atoms with van der Waals surface area (Å²) in [4.78, 5) is 93.0. The molecule has 6 amide bonds. The first kappa shape index (κ1) is 37.4. The molecule has 7 heterocycles. The van der Waals surface area contributed by atoms with Crippen LogP contribution in [0.4, 0.5) is 22.3 Å². The highest BCUT2D eigenvalue weighted by Crippen LogP contribution is 2.33. The molecular weight excluding hydrogens is 739 g/mol. The number of rotatable bonds is 9. The fourth-order valence-corrected chi connectivity index (χ4v) is 9.29. The number of hydrogen-bond acceptors (Lipinski definition) is 14. The van der Waals surface area contributed by atoms with Crippen LogP contribution < -0.4 is 31.5 Å². The van der Waals surface area contributed by atoms with E-state index in [-0.39, 0.29) is 53.3 Å². The van der Waals surface area contributed by atoms with Crippen LogP contribution in [0.25, 0.3) is 0 Å². The number of carbonyl (C=O) groups excluding carboxylic acids is 6. The quantitative estimate of drug-likeness (QED) is 0.229. The standard InChI is InChI=1S/C38H45N11O6S/c1-21-17-31(56-45-21)44-34-32(33(39)51)40-19-29(42-34)48-12-2-3-23(20-48)41-35(52)22-8-13-46(14-9-22)24-10-15-47(16-11-24)25-4-5-26-27(18-25)38(55)49(37(26)54)28-6-7-30(50)43-36(28)53/h4-5,17-19,22-24,28H,2-3,6-16,20H2,1H3,(H2,39,51)(H,41,52)(H,42,44)(H,43,50,53). The zero-order chi connectivity index (χ0) is 39.1. The number of fused-ring (bicyclic) bond motifs is 1. The molecule has 5 aliphatic heterocycles. The van der Waals surface area contributed by atoms with E-state index in [1.54, 1.807) is 18.3 Å². The number of hydrogen-bond donors (Lipinski definition) is 4. The molecule has 18 heteroatoms. The number of imide groups is 2. The average molecular weight is 784 g/mol. The minimum atomic E-state index is -0.987. The molecule has 0 radical (unpaired) electrons. The van der Waals surface area contributed by atoms with Crippen molar-refractivity contribution in [2.75, 3.05) is 54.4 Å². The summed E-state index contributed by atoms with van der Waals surface area (Å²) in [6.45, 7) is 6.50. The summed E-state index contributed by atoms with van der Waals surface area (Å²) < 4.78 is 4.27. The van der Waals surface area contributed by atoms with Gasteiger partial charge in [0.1, 0.15) is 16.9 Å². The molecule has 2 aromatic heterocycles. The van der Waals surface area contributed by atoms with E-state index in [9.17, 15) is 28.8 Å². The van der Waals surface area contributed by atoms with E-state index in [2.05, 4.69) is 40.0 Å². The van der Waals surface area contributed by atoms with E-state index in [4.69, 9.17) is 10.7 Å². The zero-order valence-corrected chi connectivity index (χ0v) is 32.0. The van der Waals surface area contributed by atoms with Crippen molar-refractivity contribution in [3.05, 3.63) is 53.0 Å². The summed E-state index contributed by atoms with van der Waals surface area (Å²) in [6, 6.07) is 6.51. The van der Waals surface area contributed by atoms with Crippen molar-refractivity contribution in [3.8, 4) is 0 Å². The van der Waals surface area contributed by atoms with Gasteiger partial charge in [0.15, 0.2) is 11.5 Å². The molecular formula is C38H45N11O6S. The van der Waals surface area contributed by atoms with Gasteiger partial charge in [-0.1, -0.05) is 0 Å². The van der Waals surface area contributed by atoms with Crippen molar-refractivity contribution < 1.29 is 28.8 Å². The molecule has 294 valence electrons. The van der Waals surface area contributed by atoms with Crippen molar-refractivity contribution in [2.45, 2.75) is 76.4 Å². The number of nitrogens with two attached hydrogens (primary N) is 1. The van der Waals surface area contributed by atoms with Gasteiger partial charge in [-0.05, 0) is 101 Å². The van der Waals surface area contributed by atoms with Gasteiger partial charge in [0.2, 0.25) is 17.7 Å². The fraction of sp³-hybridized carbons (Fsp3) is 0.500. The van der Waals surface area contributed by atoms with Gasteiger partial charge in [-0.25, -0.2) is 9.97 Å². The van der Waals surface area contributed by atoms with Crippen molar-refractivity contribution >= 4 is 69.3 Å². The molecule has 4 fully saturated rings. The Morgan fingerprint density at radius 2 is 1.68 bits per heavy atom. The van der Waals surface area contributed by atoms with Crippen LogP contribution in [-0.4, -0.2) is 117 Å². The number of amides is 6. The van der Waals surface area contributed by atoms with Crippen LogP contribution in [0.15, 0.2) is 30.5 Å². The molecule has 5 N–H and O–H groups in total. The van der Waals surface area contributed by atoms with E-state index in [1.165, 1.54) is 11.5 Å². The number of nitrogens with zero attached hydrogens (tertiary/aromatic N) is 7. The van der Waals surface area contributed by atoms with Gasteiger partial charge in [0.25, 0.3) is 17.7 Å². The smallest absolute Gasteiger partial charge is 0.271 e. The van der Waals surface area contributed by atoms with Crippen molar-refractivity contribution in [1.29, 1.82) is 0 Å². The Morgan fingerprint density at radius 1 is 0.911 bits per heavy atom. The second-order valence-corrected chi connectivity index (χ2v) is 16.1. The molecule has 5 aliphatic rings. The predicted molar refractivity (Wildman–Crippen MR) is 207 cm³/mol. The van der Waals surface area contributed by atoms with Crippen LogP contribution in [0.1, 0.15) is 88.3 Å². The predicted octanol–water partition coefficient (Wildman–Crippen LogP) is 1.95. The summed E-state index contributed by atoms with van der Waals surface area (Å²) in [5.74, 6) is -1.78. The molecule has 1 aromatic carbocycles. The zero-order valence-electron chi connectivity index (χ0n) is 31.2. The van der Waals surface area contributed by atoms with Crippen LogP contribution in [0.2, 0.25) is 0 Å². The molecule has 0 saturated carbocycles. The second kappa shape index (κ2) is 15.6. The summed E-state index contributed by atoms with van der Waals surface area (Å²) >= 11 is 1.26. The summed E-state index contributed by atoms with van der Waals surface area (Å²) in [7, 11) is 0. The van der Waals surface area contributed by atoms with E-state index in [0.29, 0.717) is 18.4 Å². The van der Waals surface area contributed by atoms with Crippen molar-refractivity contribution in [1.82, 2.24) is 34.8 Å². The Hall–Kier alpha value is -5.49. The lowest BCUT2D eigenvalue weighted by atomic mass is 9.92. The Bertz CT molecular complexity index is 2080. The molecule has 2 atom stereocenters. The third kappa shape index (κ3) is 7.54. The highest BCUT2D eigenvalue weighted by molar-refractivity contribution is 7.10. The number of piperidine rings is 4. The molecule has 4 saturated heterocycles. The minimum Gasteiger partial charge on any atom is -0.371 e. The first-order chi connectivity index (χ1) is 27.0. The molecule has 17 nitrogen and oxygen atoms in total. The van der Waals surface area contributed by atoms with Crippen LogP contribution in [0.3, 0.4) is 0 Å². The SMILES string of the molecule is Cc1cc(Nc2nc(N3CCCC(NC(=O)C4CCN(C5CCN(c6ccc7c(c6)C(=O)N(C6CCC(=O)NC6=O)C7=O)CC5)CC4)C3)cnc2C(N)=O)sn1. The molecule has 0 bridgehead atoms. The first-order valence-electron chi connectivity index (χ1n) is 19.3. The number of primary amides is 1. The number of likely N-dealkylation sites (tertiary alicyclic amines) is 1. The Morgan fingerprint density at radius 3 is 2.39 bits per heavy atom. The van der Waals surface area contributed by atoms with E-state index < -0.39 is 35.6 Å². The van der Waals surface area contributed by atoms with Gasteiger partial charge in [-0.2, -0.15) is 4.37 Å². The van der Waals surface area contributed by atoms with Gasteiger partial charge >= 0.3 is 0 Å². The average Bonchev–Trinajstić information content (AvgIpc) is 3.72. The maximum atomic E-state index is 13.5. The third-order valence-electron chi connectivity index (χ3n) is 11.6. The number of aromatic nitrogens is 3. The highest BCUT2D eigenvalue weighted by Gasteiger charge is 2.45. The number of benzene rings is 1. The lowest BCUT2D eigenvalue weighted by Crippen LogP contribution is -2.54. The lowest BCUT2D eigenvalue weighted by molar-refractivity contribution is -0.136. The summed E-state index contributed by atoms with van der Waals surface area (Å²) in [5, 5.41) is 9.42. The Labute approximate surface area is 327 Å². The summed E-state index contributed by atoms with van der Waals surface area (Å²) in [5.41, 5.74) is 7.92. The topological polar surface area (TPSA) is 216 Å². The molecule has 0 spiro atoms. The van der Waals surface area contributed by atoms with Crippen LogP contribution >= 0.6 is 11.5 Å². The normalized spacial score (nSPS) is 22.6. The van der Waals surface area contributed by atoms with Crippen LogP contribution in [0.5, 0.6) is 0 Å². The second-order valence-electron chi connectivity index (χ2n) is 15.2. The molecule has 56 heavy (non-hydrogen) atoms. The lowest BCUT2D eigenvalue weighted by Gasteiger charge is -2.42. The number of carbonyl (C=O) groups is 6. The van der Waals surface area contributed by atoms with Crippen molar-refractivity contribution in [3.63, 3.8) is 0 Å². The van der Waals surface area contributed by atoms with Crippen molar-refractivity contribution in [2.24, 2.45) is 11.7 Å². The number of nitrogens with one attached hydrogen (secondary N) is 3. The van der Waals surface area contributed by atoms with Gasteiger partial charge in [-0.3, -0.25) is 39.0 Å². The maximum absolute atomic E-state index is 13.5. The van der Waals surface area contributed by atoms with Gasteiger partial charge in [0.05, 0.1) is 23.0 Å². The van der Waals surface area contributed by atoms with Gasteiger partial charge in [-0.15, -0.1) is 0 Å². The molecule has 0 aliphatic carbocycles. The number of aryl methyl sites for hydroxylation is 1. The Kier molecular flexibility index (Phi) is 10.4.